The molecule has 0 heterocycles. The second-order valence-corrected chi connectivity index (χ2v) is 6.94. The van der Waals surface area contributed by atoms with Crippen LogP contribution in [-0.2, 0) is 21.2 Å². The predicted molar refractivity (Wildman–Crippen MR) is 77.7 cm³/mol. The molecule has 1 aromatic rings. The van der Waals surface area contributed by atoms with Crippen molar-refractivity contribution in [1.82, 2.24) is 5.32 Å². The van der Waals surface area contributed by atoms with Crippen molar-refractivity contribution in [2.24, 2.45) is 5.14 Å². The summed E-state index contributed by atoms with van der Waals surface area (Å²) in [6.45, 7) is 0.351. The molecule has 0 saturated heterocycles. The Hall–Kier alpha value is -1.40. The van der Waals surface area contributed by atoms with Crippen molar-refractivity contribution in [2.75, 3.05) is 12.3 Å². The van der Waals surface area contributed by atoms with Crippen molar-refractivity contribution in [2.45, 2.75) is 31.6 Å². The van der Waals surface area contributed by atoms with Crippen molar-refractivity contribution in [3.05, 3.63) is 35.4 Å². The number of carbonyl (C=O) groups is 1. The van der Waals surface area contributed by atoms with Crippen LogP contribution in [-0.4, -0.2) is 26.6 Å². The Morgan fingerprint density at radius 3 is 2.85 bits per heavy atom. The molecule has 20 heavy (non-hydrogen) atoms. The molecule has 0 fully saturated rings. The molecule has 1 aliphatic rings. The third-order valence-electron chi connectivity index (χ3n) is 3.62. The van der Waals surface area contributed by atoms with Gasteiger partial charge in [0.2, 0.25) is 15.9 Å². The first-order chi connectivity index (χ1) is 9.46. The summed E-state index contributed by atoms with van der Waals surface area (Å²) in [6.07, 6.45) is 2.85. The van der Waals surface area contributed by atoms with E-state index >= 15 is 0 Å². The Morgan fingerprint density at radius 1 is 1.35 bits per heavy atom. The second-order valence-electron chi connectivity index (χ2n) is 5.21. The Labute approximate surface area is 119 Å². The van der Waals surface area contributed by atoms with E-state index in [2.05, 4.69) is 17.4 Å². The van der Waals surface area contributed by atoms with E-state index in [1.54, 1.807) is 0 Å². The highest BCUT2D eigenvalue weighted by Crippen LogP contribution is 2.34. The monoisotopic (exact) mass is 296 g/mol. The standard InChI is InChI=1S/C14H20N2O3S/c15-20(18,19)9-3-8-16-14(17)10-12-7-6-11-4-1-2-5-13(11)12/h1-2,4-5,12H,3,6-10H2,(H,16,17)(H2,15,18,19)/t12-/m0/s1. The van der Waals surface area contributed by atoms with E-state index in [0.717, 1.165) is 12.8 Å². The van der Waals surface area contributed by atoms with Gasteiger partial charge in [-0.2, -0.15) is 0 Å². The van der Waals surface area contributed by atoms with Gasteiger partial charge < -0.3 is 5.32 Å². The normalized spacial score (nSPS) is 17.8. The van der Waals surface area contributed by atoms with Gasteiger partial charge in [-0.15, -0.1) is 0 Å². The minimum atomic E-state index is -3.44. The Balaban J connectivity index is 1.76. The minimum absolute atomic E-state index is 0.0267. The van der Waals surface area contributed by atoms with Crippen LogP contribution in [0.15, 0.2) is 24.3 Å². The van der Waals surface area contributed by atoms with Gasteiger partial charge in [-0.05, 0) is 36.3 Å². The lowest BCUT2D eigenvalue weighted by molar-refractivity contribution is -0.121. The maximum absolute atomic E-state index is 11.8. The number of sulfonamides is 1. The number of amides is 1. The fourth-order valence-corrected chi connectivity index (χ4v) is 3.20. The lowest BCUT2D eigenvalue weighted by Gasteiger charge is -2.11. The summed E-state index contributed by atoms with van der Waals surface area (Å²) in [4.78, 5) is 11.8. The first kappa shape index (κ1) is 15.0. The van der Waals surface area contributed by atoms with Crippen molar-refractivity contribution in [1.29, 1.82) is 0 Å². The Bertz CT molecular complexity index is 584. The number of aryl methyl sites for hydroxylation is 1. The molecule has 0 bridgehead atoms. The van der Waals surface area contributed by atoms with E-state index in [4.69, 9.17) is 5.14 Å². The summed E-state index contributed by atoms with van der Waals surface area (Å²) in [5.41, 5.74) is 2.60. The number of benzene rings is 1. The first-order valence-electron chi connectivity index (χ1n) is 6.81. The predicted octanol–water partition coefficient (Wildman–Crippen LogP) is 0.901. The van der Waals surface area contributed by atoms with Crippen molar-refractivity contribution in [3.8, 4) is 0 Å². The lowest BCUT2D eigenvalue weighted by Crippen LogP contribution is -2.28. The highest BCUT2D eigenvalue weighted by molar-refractivity contribution is 7.89. The molecule has 0 aromatic heterocycles. The molecule has 110 valence electrons. The molecule has 5 nitrogen and oxygen atoms in total. The number of nitrogens with two attached hydrogens (primary N) is 1. The number of carbonyl (C=O) groups excluding carboxylic acids is 1. The maximum atomic E-state index is 11.8. The van der Waals surface area contributed by atoms with Crippen LogP contribution < -0.4 is 10.5 Å². The summed E-state index contributed by atoms with van der Waals surface area (Å²) in [6, 6.07) is 8.22. The average molecular weight is 296 g/mol. The van der Waals surface area contributed by atoms with Gasteiger partial charge >= 0.3 is 0 Å². The summed E-state index contributed by atoms with van der Waals surface area (Å²) in [5, 5.41) is 7.65. The third kappa shape index (κ3) is 4.31. The fourth-order valence-electron chi connectivity index (χ4n) is 2.65. The third-order valence-corrected chi connectivity index (χ3v) is 4.47. The highest BCUT2D eigenvalue weighted by Gasteiger charge is 2.23. The SMILES string of the molecule is NS(=O)(=O)CCCNC(=O)C[C@@H]1CCc2ccccc21. The van der Waals surface area contributed by atoms with Gasteiger partial charge in [0.1, 0.15) is 0 Å². The van der Waals surface area contributed by atoms with E-state index < -0.39 is 10.0 Å². The average Bonchev–Trinajstić information content (AvgIpc) is 2.77. The van der Waals surface area contributed by atoms with E-state index in [0.29, 0.717) is 19.4 Å². The van der Waals surface area contributed by atoms with Crippen LogP contribution in [0, 0.1) is 0 Å². The number of primary sulfonamides is 1. The first-order valence-corrected chi connectivity index (χ1v) is 8.52. The molecule has 6 heteroatoms. The Kier molecular flexibility index (Phi) is 4.77. The van der Waals surface area contributed by atoms with Gasteiger partial charge in [0, 0.05) is 13.0 Å². The number of fused-ring (bicyclic) bond motifs is 1. The van der Waals surface area contributed by atoms with Gasteiger partial charge in [0.05, 0.1) is 5.75 Å². The molecular formula is C14H20N2O3S. The molecule has 1 aromatic carbocycles. The summed E-state index contributed by atoms with van der Waals surface area (Å²) in [5.74, 6) is 0.157. The summed E-state index contributed by atoms with van der Waals surface area (Å²) in [7, 11) is -3.44. The topological polar surface area (TPSA) is 89.3 Å². The molecule has 2 rings (SSSR count). The van der Waals surface area contributed by atoms with Gasteiger partial charge in [-0.3, -0.25) is 4.79 Å². The Morgan fingerprint density at radius 2 is 2.10 bits per heavy atom. The molecule has 0 unspecified atom stereocenters. The zero-order chi connectivity index (χ0) is 14.6. The number of hydrogen-bond acceptors (Lipinski definition) is 3. The lowest BCUT2D eigenvalue weighted by atomic mass is 9.97. The van der Waals surface area contributed by atoms with Crippen LogP contribution in [0.1, 0.15) is 36.3 Å². The molecule has 1 aliphatic carbocycles. The van der Waals surface area contributed by atoms with Crippen LogP contribution in [0.25, 0.3) is 0 Å². The molecule has 3 N–H and O–H groups in total. The van der Waals surface area contributed by atoms with E-state index in [1.165, 1.54) is 11.1 Å². The van der Waals surface area contributed by atoms with Crippen LogP contribution >= 0.6 is 0 Å². The quantitative estimate of drug-likeness (QED) is 0.764. The van der Waals surface area contributed by atoms with Crippen LogP contribution in [0.2, 0.25) is 0 Å². The second kappa shape index (κ2) is 6.37. The van der Waals surface area contributed by atoms with Crippen molar-refractivity contribution in [3.63, 3.8) is 0 Å². The number of hydrogen-bond donors (Lipinski definition) is 2. The van der Waals surface area contributed by atoms with E-state index in [1.807, 2.05) is 12.1 Å². The molecule has 0 radical (unpaired) electrons. The van der Waals surface area contributed by atoms with Gasteiger partial charge in [-0.1, -0.05) is 24.3 Å². The van der Waals surface area contributed by atoms with Gasteiger partial charge in [0.25, 0.3) is 0 Å². The van der Waals surface area contributed by atoms with Crippen molar-refractivity contribution < 1.29 is 13.2 Å². The van der Waals surface area contributed by atoms with Crippen LogP contribution in [0.3, 0.4) is 0 Å². The maximum Gasteiger partial charge on any atom is 0.220 e. The number of rotatable bonds is 6. The van der Waals surface area contributed by atoms with Gasteiger partial charge in [-0.25, -0.2) is 13.6 Å². The summed E-state index contributed by atoms with van der Waals surface area (Å²) >= 11 is 0. The molecule has 0 spiro atoms. The zero-order valence-electron chi connectivity index (χ0n) is 11.3. The molecule has 0 saturated carbocycles. The van der Waals surface area contributed by atoms with Crippen LogP contribution in [0.5, 0.6) is 0 Å². The molecule has 1 atom stereocenters. The summed E-state index contributed by atoms with van der Waals surface area (Å²) < 4.78 is 21.5. The zero-order valence-corrected chi connectivity index (χ0v) is 12.2. The number of nitrogens with one attached hydrogen (secondary N) is 1. The molecule has 1 amide bonds. The fraction of sp³-hybridized carbons (Fsp3) is 0.500. The minimum Gasteiger partial charge on any atom is -0.356 e. The van der Waals surface area contributed by atoms with Crippen LogP contribution in [0.4, 0.5) is 0 Å². The van der Waals surface area contributed by atoms with E-state index in [9.17, 15) is 13.2 Å². The highest BCUT2D eigenvalue weighted by atomic mass is 32.2. The smallest absolute Gasteiger partial charge is 0.220 e. The van der Waals surface area contributed by atoms with Crippen molar-refractivity contribution >= 4 is 15.9 Å². The molecular weight excluding hydrogens is 276 g/mol. The largest absolute Gasteiger partial charge is 0.356 e. The molecule has 0 aliphatic heterocycles. The van der Waals surface area contributed by atoms with Gasteiger partial charge in [0.15, 0.2) is 0 Å². The van der Waals surface area contributed by atoms with E-state index in [-0.39, 0.29) is 17.6 Å².